The minimum atomic E-state index is -0.633. The second kappa shape index (κ2) is 9.29. The van der Waals surface area contributed by atoms with Crippen LogP contribution in [0, 0.1) is 6.92 Å². The van der Waals surface area contributed by atoms with Gasteiger partial charge in [0.25, 0.3) is 5.91 Å². The molecule has 6 nitrogen and oxygen atoms in total. The summed E-state index contributed by atoms with van der Waals surface area (Å²) in [6, 6.07) is 12.5. The number of likely N-dealkylation sites (N-methyl/N-ethyl adjacent to an activating group) is 1. The molecular weight excluding hydrogens is 413 g/mol. The van der Waals surface area contributed by atoms with Gasteiger partial charge in [0.2, 0.25) is 11.7 Å². The van der Waals surface area contributed by atoms with E-state index in [0.29, 0.717) is 39.5 Å². The number of hydrogen-bond acceptors (Lipinski definition) is 5. The van der Waals surface area contributed by atoms with Crippen LogP contribution in [0.1, 0.15) is 24.8 Å². The molecule has 0 saturated heterocycles. The topological polar surface area (TPSA) is 68.5 Å². The van der Waals surface area contributed by atoms with Crippen molar-refractivity contribution < 1.29 is 14.1 Å². The molecule has 1 aromatic heterocycles. The van der Waals surface area contributed by atoms with E-state index in [1.165, 1.54) is 4.90 Å². The van der Waals surface area contributed by atoms with Crippen LogP contribution in [0.4, 0.5) is 0 Å². The third-order valence-electron chi connectivity index (χ3n) is 4.39. The van der Waals surface area contributed by atoms with E-state index < -0.39 is 6.10 Å². The molecule has 3 aromatic rings. The molecule has 152 valence electrons. The first-order valence-electron chi connectivity index (χ1n) is 9.14. The van der Waals surface area contributed by atoms with Crippen LogP contribution in [0.15, 0.2) is 47.0 Å². The first-order valence-corrected chi connectivity index (χ1v) is 9.90. The van der Waals surface area contributed by atoms with Crippen LogP contribution in [-0.4, -0.2) is 34.1 Å². The molecule has 29 heavy (non-hydrogen) atoms. The molecular formula is C21H21Cl2N3O3. The third-order valence-corrected chi connectivity index (χ3v) is 5.14. The van der Waals surface area contributed by atoms with Crippen molar-refractivity contribution in [2.24, 2.45) is 0 Å². The molecule has 8 heteroatoms. The number of carbonyl (C=O) groups is 1. The summed E-state index contributed by atoms with van der Waals surface area (Å²) in [5.41, 5.74) is 1.56. The maximum absolute atomic E-state index is 12.8. The number of nitrogens with zero attached hydrogens (tertiary/aromatic N) is 3. The second-order valence-electron chi connectivity index (χ2n) is 6.61. The summed E-state index contributed by atoms with van der Waals surface area (Å²) in [5.74, 6) is 1.11. The lowest BCUT2D eigenvalue weighted by Crippen LogP contribution is -2.39. The number of benzene rings is 2. The number of aromatic nitrogens is 2. The van der Waals surface area contributed by atoms with Gasteiger partial charge in [-0.25, -0.2) is 0 Å². The van der Waals surface area contributed by atoms with Crippen molar-refractivity contribution in [3.05, 3.63) is 64.0 Å². The highest BCUT2D eigenvalue weighted by Crippen LogP contribution is 2.25. The van der Waals surface area contributed by atoms with Crippen LogP contribution in [0.25, 0.3) is 11.4 Å². The lowest BCUT2D eigenvalue weighted by Gasteiger charge is -2.23. The number of aryl methyl sites for hydroxylation is 1. The summed E-state index contributed by atoms with van der Waals surface area (Å²) in [6.45, 7) is 3.94. The van der Waals surface area contributed by atoms with Gasteiger partial charge in [0.05, 0.1) is 11.6 Å². The maximum Gasteiger partial charge on any atom is 0.263 e. The van der Waals surface area contributed by atoms with Crippen LogP contribution in [-0.2, 0) is 11.3 Å². The molecule has 0 aliphatic carbocycles. The number of hydrogen-bond donors (Lipinski definition) is 0. The van der Waals surface area contributed by atoms with Crippen LogP contribution in [0.3, 0.4) is 0 Å². The third kappa shape index (κ3) is 5.08. The highest BCUT2D eigenvalue weighted by molar-refractivity contribution is 6.33. The van der Waals surface area contributed by atoms with Crippen molar-refractivity contribution >= 4 is 29.1 Å². The van der Waals surface area contributed by atoms with Crippen molar-refractivity contribution in [2.75, 3.05) is 7.05 Å². The minimum absolute atomic E-state index is 0.162. The van der Waals surface area contributed by atoms with Gasteiger partial charge in [-0.3, -0.25) is 4.79 Å². The first kappa shape index (κ1) is 21.1. The van der Waals surface area contributed by atoms with Gasteiger partial charge >= 0.3 is 0 Å². The van der Waals surface area contributed by atoms with Crippen molar-refractivity contribution in [3.63, 3.8) is 0 Å². The van der Waals surface area contributed by atoms with E-state index in [1.807, 2.05) is 32.0 Å². The molecule has 0 bridgehead atoms. The minimum Gasteiger partial charge on any atom is -0.481 e. The molecule has 0 unspecified atom stereocenters. The van der Waals surface area contributed by atoms with E-state index in [9.17, 15) is 4.79 Å². The van der Waals surface area contributed by atoms with E-state index in [-0.39, 0.29) is 12.5 Å². The Morgan fingerprint density at radius 1 is 1.21 bits per heavy atom. The molecule has 0 spiro atoms. The van der Waals surface area contributed by atoms with Crippen LogP contribution in [0.2, 0.25) is 10.0 Å². The van der Waals surface area contributed by atoms with E-state index in [4.69, 9.17) is 32.5 Å². The first-order chi connectivity index (χ1) is 13.9. The summed E-state index contributed by atoms with van der Waals surface area (Å²) < 4.78 is 11.2. The molecule has 2 aromatic carbocycles. The zero-order chi connectivity index (χ0) is 21.0. The predicted molar refractivity (Wildman–Crippen MR) is 112 cm³/mol. The van der Waals surface area contributed by atoms with E-state index in [0.717, 1.165) is 5.56 Å². The summed E-state index contributed by atoms with van der Waals surface area (Å²) in [7, 11) is 1.67. The Kier molecular flexibility index (Phi) is 6.77. The van der Waals surface area contributed by atoms with Crippen LogP contribution in [0.5, 0.6) is 5.75 Å². The molecule has 0 fully saturated rings. The number of amides is 1. The summed E-state index contributed by atoms with van der Waals surface area (Å²) in [5, 5.41) is 5.14. The van der Waals surface area contributed by atoms with Gasteiger partial charge in [-0.1, -0.05) is 47.4 Å². The second-order valence-corrected chi connectivity index (χ2v) is 7.43. The summed E-state index contributed by atoms with van der Waals surface area (Å²) in [4.78, 5) is 18.7. The van der Waals surface area contributed by atoms with Crippen molar-refractivity contribution in [1.82, 2.24) is 15.0 Å². The Morgan fingerprint density at radius 3 is 2.66 bits per heavy atom. The standard InChI is InChI=1S/C21H21Cl2N3O3/c1-4-18(28-14-9-10-16(22)13(2)11-14)21(27)26(3)12-19-24-20(25-29-19)15-7-5-6-8-17(15)23/h5-11,18H,4,12H2,1-3H3/t18-/m1/s1. The smallest absolute Gasteiger partial charge is 0.263 e. The fourth-order valence-electron chi connectivity index (χ4n) is 2.76. The monoisotopic (exact) mass is 433 g/mol. The molecule has 0 saturated carbocycles. The molecule has 1 atom stereocenters. The zero-order valence-electron chi connectivity index (χ0n) is 16.4. The molecule has 1 heterocycles. The SMILES string of the molecule is CC[C@@H](Oc1ccc(Cl)c(C)c1)C(=O)N(C)Cc1nc(-c2ccccc2Cl)no1. The fraction of sp³-hybridized carbons (Fsp3) is 0.286. The normalized spacial score (nSPS) is 11.9. The summed E-state index contributed by atoms with van der Waals surface area (Å²) >= 11 is 12.2. The van der Waals surface area contributed by atoms with Crippen molar-refractivity contribution in [3.8, 4) is 17.1 Å². The van der Waals surface area contributed by atoms with E-state index in [2.05, 4.69) is 10.1 Å². The Balaban J connectivity index is 1.67. The fourth-order valence-corrected chi connectivity index (χ4v) is 3.10. The molecule has 0 aliphatic rings. The van der Waals surface area contributed by atoms with E-state index >= 15 is 0 Å². The van der Waals surface area contributed by atoms with Crippen molar-refractivity contribution in [2.45, 2.75) is 32.9 Å². The Bertz CT molecular complexity index is 1010. The zero-order valence-corrected chi connectivity index (χ0v) is 17.9. The number of ether oxygens (including phenoxy) is 1. The molecule has 1 amide bonds. The Hall–Kier alpha value is -2.57. The van der Waals surface area contributed by atoms with Crippen molar-refractivity contribution in [1.29, 1.82) is 0 Å². The van der Waals surface area contributed by atoms with Crippen LogP contribution < -0.4 is 4.74 Å². The summed E-state index contributed by atoms with van der Waals surface area (Å²) in [6.07, 6.45) is -0.119. The van der Waals surface area contributed by atoms with Gasteiger partial charge in [0.15, 0.2) is 6.10 Å². The number of carbonyl (C=O) groups excluding carboxylic acids is 1. The van der Waals surface area contributed by atoms with Gasteiger partial charge in [-0.2, -0.15) is 4.98 Å². The Labute approximate surface area is 179 Å². The molecule has 0 N–H and O–H groups in total. The lowest BCUT2D eigenvalue weighted by molar-refractivity contribution is -0.138. The average molecular weight is 434 g/mol. The lowest BCUT2D eigenvalue weighted by atomic mass is 10.2. The average Bonchev–Trinajstić information content (AvgIpc) is 3.16. The van der Waals surface area contributed by atoms with Gasteiger partial charge in [-0.05, 0) is 49.2 Å². The quantitative estimate of drug-likeness (QED) is 0.513. The highest BCUT2D eigenvalue weighted by atomic mass is 35.5. The predicted octanol–water partition coefficient (Wildman–Crippen LogP) is 5.17. The van der Waals surface area contributed by atoms with Gasteiger partial charge in [0.1, 0.15) is 5.75 Å². The number of rotatable bonds is 7. The van der Waals surface area contributed by atoms with Crippen LogP contribution >= 0.6 is 23.2 Å². The van der Waals surface area contributed by atoms with E-state index in [1.54, 1.807) is 31.3 Å². The molecule has 0 aliphatic heterocycles. The largest absolute Gasteiger partial charge is 0.481 e. The Morgan fingerprint density at radius 2 is 1.97 bits per heavy atom. The van der Waals surface area contributed by atoms with Gasteiger partial charge in [-0.15, -0.1) is 0 Å². The maximum atomic E-state index is 12.8. The van der Waals surface area contributed by atoms with Gasteiger partial charge < -0.3 is 14.2 Å². The number of halogens is 2. The molecule has 3 rings (SSSR count). The van der Waals surface area contributed by atoms with Gasteiger partial charge in [0, 0.05) is 17.6 Å². The highest BCUT2D eigenvalue weighted by Gasteiger charge is 2.24. The molecule has 0 radical (unpaired) electrons.